The highest BCUT2D eigenvalue weighted by atomic mass is 16.7. The van der Waals surface area contributed by atoms with Crippen LogP contribution in [0.2, 0.25) is 0 Å². The molecule has 0 bridgehead atoms. The molecular formula is C11H18N2O3. The molecule has 0 aliphatic carbocycles. The molecule has 3 rings (SSSR count). The Kier molecular flexibility index (Phi) is 2.52. The molecular weight excluding hydrogens is 208 g/mol. The van der Waals surface area contributed by atoms with E-state index in [9.17, 15) is 0 Å². The fourth-order valence-electron chi connectivity index (χ4n) is 2.21. The number of amidine groups is 1. The molecule has 0 saturated carbocycles. The van der Waals surface area contributed by atoms with Gasteiger partial charge in [0.15, 0.2) is 6.23 Å². The Hall–Kier alpha value is -0.810. The highest BCUT2D eigenvalue weighted by Gasteiger charge is 2.52. The zero-order valence-corrected chi connectivity index (χ0v) is 9.76. The predicted molar refractivity (Wildman–Crippen MR) is 58.2 cm³/mol. The predicted octanol–water partition coefficient (Wildman–Crippen LogP) is 0.454. The fourth-order valence-corrected chi connectivity index (χ4v) is 2.21. The van der Waals surface area contributed by atoms with Crippen molar-refractivity contribution in [1.29, 1.82) is 0 Å². The molecule has 3 unspecified atom stereocenters. The average molecular weight is 226 g/mol. The smallest absolute Gasteiger partial charge is 0.290 e. The summed E-state index contributed by atoms with van der Waals surface area (Å²) < 4.78 is 16.8. The fraction of sp³-hybridized carbons (Fsp3) is 0.909. The number of nitrogens with zero attached hydrogens (tertiary/aromatic N) is 2. The first-order chi connectivity index (χ1) is 7.75. The van der Waals surface area contributed by atoms with Gasteiger partial charge in [0.2, 0.25) is 0 Å². The van der Waals surface area contributed by atoms with Gasteiger partial charge >= 0.3 is 0 Å². The van der Waals surface area contributed by atoms with Gasteiger partial charge in [-0.1, -0.05) is 13.8 Å². The summed E-state index contributed by atoms with van der Waals surface area (Å²) in [6, 6.07) is 0.751. The van der Waals surface area contributed by atoms with Crippen LogP contribution in [0.15, 0.2) is 4.99 Å². The summed E-state index contributed by atoms with van der Waals surface area (Å²) in [5, 5.41) is 0. The van der Waals surface area contributed by atoms with Crippen molar-refractivity contribution in [3.8, 4) is 0 Å². The topological polar surface area (TPSA) is 46.6 Å². The van der Waals surface area contributed by atoms with Gasteiger partial charge in [-0.05, 0) is 5.92 Å². The van der Waals surface area contributed by atoms with Crippen LogP contribution >= 0.6 is 0 Å². The molecule has 3 heterocycles. The summed E-state index contributed by atoms with van der Waals surface area (Å²) in [6.45, 7) is 7.55. The highest BCUT2D eigenvalue weighted by molar-refractivity contribution is 5.75. The van der Waals surface area contributed by atoms with Crippen LogP contribution in [0.25, 0.3) is 0 Å². The first-order valence-electron chi connectivity index (χ1n) is 5.98. The molecule has 2 fully saturated rings. The van der Waals surface area contributed by atoms with Crippen molar-refractivity contribution < 1.29 is 14.2 Å². The van der Waals surface area contributed by atoms with Gasteiger partial charge in [0.1, 0.15) is 12.2 Å². The quantitative estimate of drug-likeness (QED) is 0.609. The Bertz CT molecular complexity index is 300. The largest absolute Gasteiger partial charge is 0.459 e. The molecule has 5 nitrogen and oxygen atoms in total. The minimum absolute atomic E-state index is 0.0407. The third-order valence-corrected chi connectivity index (χ3v) is 3.24. The Balaban J connectivity index is 1.71. The lowest BCUT2D eigenvalue weighted by molar-refractivity contribution is 0.0326. The van der Waals surface area contributed by atoms with Crippen molar-refractivity contribution in [3.05, 3.63) is 0 Å². The number of ether oxygens (including phenoxy) is 3. The van der Waals surface area contributed by atoms with Crippen molar-refractivity contribution in [2.45, 2.75) is 32.3 Å². The molecule has 0 radical (unpaired) electrons. The van der Waals surface area contributed by atoms with E-state index in [0.29, 0.717) is 5.92 Å². The number of epoxide rings is 1. The molecule has 16 heavy (non-hydrogen) atoms. The second-order valence-corrected chi connectivity index (χ2v) is 4.83. The van der Waals surface area contributed by atoms with Gasteiger partial charge in [0, 0.05) is 13.1 Å². The van der Waals surface area contributed by atoms with Gasteiger partial charge in [-0.3, -0.25) is 0 Å². The number of hydrogen-bond acceptors (Lipinski definition) is 5. The normalized spacial score (nSPS) is 37.8. The molecule has 0 aromatic heterocycles. The van der Waals surface area contributed by atoms with Crippen LogP contribution in [0.4, 0.5) is 0 Å². The van der Waals surface area contributed by atoms with Gasteiger partial charge in [0.05, 0.1) is 13.2 Å². The van der Waals surface area contributed by atoms with E-state index in [-0.39, 0.29) is 18.4 Å². The molecule has 5 heteroatoms. The maximum atomic E-state index is 5.94. The molecule has 0 aromatic rings. The lowest BCUT2D eigenvalue weighted by Crippen LogP contribution is -2.46. The zero-order valence-electron chi connectivity index (χ0n) is 9.76. The summed E-state index contributed by atoms with van der Waals surface area (Å²) in [5.41, 5.74) is 0. The Morgan fingerprint density at radius 3 is 2.75 bits per heavy atom. The monoisotopic (exact) mass is 226 g/mol. The second kappa shape index (κ2) is 3.89. The highest BCUT2D eigenvalue weighted by Crippen LogP contribution is 2.36. The Morgan fingerprint density at radius 1 is 1.31 bits per heavy atom. The van der Waals surface area contributed by atoms with Crippen molar-refractivity contribution in [1.82, 2.24) is 4.90 Å². The van der Waals surface area contributed by atoms with Crippen LogP contribution in [0, 0.1) is 5.92 Å². The van der Waals surface area contributed by atoms with Gasteiger partial charge in [0.25, 0.3) is 6.02 Å². The molecule has 3 aliphatic rings. The summed E-state index contributed by atoms with van der Waals surface area (Å²) in [6.07, 6.45) is 0.379. The van der Waals surface area contributed by atoms with E-state index in [1.165, 1.54) is 0 Å². The first kappa shape index (κ1) is 10.4. The summed E-state index contributed by atoms with van der Waals surface area (Å²) in [7, 11) is 0. The molecule has 0 spiro atoms. The molecule has 3 atom stereocenters. The Morgan fingerprint density at radius 2 is 2.06 bits per heavy atom. The van der Waals surface area contributed by atoms with Crippen LogP contribution in [-0.4, -0.2) is 55.7 Å². The summed E-state index contributed by atoms with van der Waals surface area (Å²) in [4.78, 5) is 6.60. The molecule has 0 aromatic carbocycles. The first-order valence-corrected chi connectivity index (χ1v) is 5.98. The van der Waals surface area contributed by atoms with Crippen molar-refractivity contribution in [2.24, 2.45) is 10.9 Å². The van der Waals surface area contributed by atoms with Crippen LogP contribution in [0.1, 0.15) is 13.8 Å². The molecule has 0 amide bonds. The van der Waals surface area contributed by atoms with Crippen molar-refractivity contribution >= 4 is 6.02 Å². The number of morpholine rings is 1. The van der Waals surface area contributed by atoms with Crippen LogP contribution in [-0.2, 0) is 14.2 Å². The van der Waals surface area contributed by atoms with E-state index in [1.54, 1.807) is 0 Å². The SMILES string of the molecule is CC(C)C1OC(N2CCOCC2)=NC2OC21. The maximum absolute atomic E-state index is 5.94. The van der Waals surface area contributed by atoms with E-state index in [4.69, 9.17) is 14.2 Å². The molecule has 2 saturated heterocycles. The van der Waals surface area contributed by atoms with Crippen LogP contribution in [0.3, 0.4) is 0 Å². The average Bonchev–Trinajstić information content (AvgIpc) is 3.07. The van der Waals surface area contributed by atoms with E-state index >= 15 is 0 Å². The van der Waals surface area contributed by atoms with Crippen LogP contribution < -0.4 is 0 Å². The van der Waals surface area contributed by atoms with Gasteiger partial charge in [-0.2, -0.15) is 0 Å². The third kappa shape index (κ3) is 1.78. The van der Waals surface area contributed by atoms with Crippen molar-refractivity contribution in [3.63, 3.8) is 0 Å². The number of fused-ring (bicyclic) bond motifs is 1. The van der Waals surface area contributed by atoms with E-state index in [0.717, 1.165) is 32.3 Å². The summed E-state index contributed by atoms with van der Waals surface area (Å²) in [5.74, 6) is 0.460. The molecule has 3 aliphatic heterocycles. The van der Waals surface area contributed by atoms with Gasteiger partial charge < -0.3 is 19.1 Å². The van der Waals surface area contributed by atoms with Gasteiger partial charge in [-0.25, -0.2) is 4.99 Å². The minimum atomic E-state index is 0.0407. The number of hydrogen-bond donors (Lipinski definition) is 0. The lowest BCUT2D eigenvalue weighted by Gasteiger charge is -2.33. The minimum Gasteiger partial charge on any atom is -0.459 e. The standard InChI is InChI=1S/C11H18N2O3/c1-7(2)8-9-10(15-9)12-11(16-8)13-3-5-14-6-4-13/h7-10H,3-6H2,1-2H3. The maximum Gasteiger partial charge on any atom is 0.290 e. The van der Waals surface area contributed by atoms with E-state index in [2.05, 4.69) is 23.7 Å². The molecule has 0 N–H and O–H groups in total. The molecule has 90 valence electrons. The van der Waals surface area contributed by atoms with E-state index in [1.807, 2.05) is 0 Å². The second-order valence-electron chi connectivity index (χ2n) is 4.83. The lowest BCUT2D eigenvalue weighted by atomic mass is 10.0. The van der Waals surface area contributed by atoms with Crippen molar-refractivity contribution in [2.75, 3.05) is 26.3 Å². The van der Waals surface area contributed by atoms with Crippen LogP contribution in [0.5, 0.6) is 0 Å². The summed E-state index contributed by atoms with van der Waals surface area (Å²) >= 11 is 0. The Labute approximate surface area is 95.4 Å². The number of aliphatic imine (C=N–C) groups is 1. The zero-order chi connectivity index (χ0) is 11.1. The van der Waals surface area contributed by atoms with Gasteiger partial charge in [-0.15, -0.1) is 0 Å². The third-order valence-electron chi connectivity index (χ3n) is 3.24. The number of rotatable bonds is 1. The van der Waals surface area contributed by atoms with E-state index < -0.39 is 0 Å².